The Morgan fingerprint density at radius 2 is 2.43 bits per heavy atom. The number of hydrogen-bond acceptors (Lipinski definition) is 5. The molecule has 0 bridgehead atoms. The third-order valence-electron chi connectivity index (χ3n) is 1.84. The van der Waals surface area contributed by atoms with Crippen molar-refractivity contribution in [1.29, 1.82) is 0 Å². The maximum absolute atomic E-state index is 4.38. The molecule has 14 heavy (non-hydrogen) atoms. The summed E-state index contributed by atoms with van der Waals surface area (Å²) in [6.07, 6.45) is 3.04. The molecule has 1 heterocycles. The number of hydrazine groups is 3. The molecule has 1 unspecified atom stereocenters. The minimum absolute atomic E-state index is 0.389. The lowest BCUT2D eigenvalue weighted by Gasteiger charge is -2.34. The molecule has 0 aromatic rings. The number of hydrogen-bond donors (Lipinski definition) is 3. The van der Waals surface area contributed by atoms with E-state index < -0.39 is 0 Å². The fraction of sp³-hybridized carbons (Fsp3) is 0.875. The van der Waals surface area contributed by atoms with Crippen molar-refractivity contribution in [2.24, 2.45) is 4.99 Å². The molecule has 1 atom stereocenters. The SMILES string of the molecule is CCN=C1CC(SC)NN(NCC)N1. The van der Waals surface area contributed by atoms with Crippen LogP contribution in [0.3, 0.4) is 0 Å². The number of amidine groups is 1. The van der Waals surface area contributed by atoms with Gasteiger partial charge in [0.2, 0.25) is 0 Å². The van der Waals surface area contributed by atoms with Crippen LogP contribution in [0.25, 0.3) is 0 Å². The van der Waals surface area contributed by atoms with E-state index in [1.54, 1.807) is 17.0 Å². The van der Waals surface area contributed by atoms with Gasteiger partial charge in [-0.25, -0.2) is 10.9 Å². The van der Waals surface area contributed by atoms with Crippen LogP contribution in [0.4, 0.5) is 0 Å². The van der Waals surface area contributed by atoms with Gasteiger partial charge >= 0.3 is 0 Å². The summed E-state index contributed by atoms with van der Waals surface area (Å²) in [7, 11) is 0. The highest BCUT2D eigenvalue weighted by atomic mass is 32.2. The number of thioether (sulfide) groups is 1. The number of aliphatic imine (C=N–C) groups is 1. The lowest BCUT2D eigenvalue weighted by atomic mass is 10.4. The maximum atomic E-state index is 4.38. The zero-order valence-electron chi connectivity index (χ0n) is 9.00. The molecule has 0 aromatic heterocycles. The van der Waals surface area contributed by atoms with Crippen molar-refractivity contribution in [2.75, 3.05) is 19.3 Å². The summed E-state index contributed by atoms with van der Waals surface area (Å²) in [5.41, 5.74) is 9.61. The normalized spacial score (nSPS) is 26.5. The predicted molar refractivity (Wildman–Crippen MR) is 61.7 cm³/mol. The van der Waals surface area contributed by atoms with Gasteiger partial charge in [0.15, 0.2) is 0 Å². The number of nitrogens with zero attached hydrogens (tertiary/aromatic N) is 2. The van der Waals surface area contributed by atoms with Crippen LogP contribution in [-0.2, 0) is 0 Å². The van der Waals surface area contributed by atoms with Crippen LogP contribution < -0.4 is 16.3 Å². The van der Waals surface area contributed by atoms with E-state index in [9.17, 15) is 0 Å². The molecule has 0 aliphatic carbocycles. The van der Waals surface area contributed by atoms with Crippen molar-refractivity contribution in [1.82, 2.24) is 21.5 Å². The average molecular weight is 217 g/mol. The highest BCUT2D eigenvalue weighted by Crippen LogP contribution is 2.11. The van der Waals surface area contributed by atoms with Gasteiger partial charge in [-0.3, -0.25) is 10.4 Å². The Kier molecular flexibility index (Phi) is 5.24. The summed E-state index contributed by atoms with van der Waals surface area (Å²) in [4.78, 5) is 4.38. The molecule has 0 amide bonds. The standard InChI is InChI=1S/C8H19N5S/c1-4-9-7-6-8(14-3)12-13(11-7)10-5-2/h8,10,12H,4-6H2,1-3H3,(H,9,11). The Balaban J connectivity index is 2.52. The largest absolute Gasteiger partial charge is 0.279 e. The first-order valence-electron chi connectivity index (χ1n) is 4.92. The monoisotopic (exact) mass is 217 g/mol. The summed E-state index contributed by atoms with van der Waals surface area (Å²) < 4.78 is 0. The zero-order chi connectivity index (χ0) is 10.4. The maximum Gasteiger partial charge on any atom is 0.115 e. The van der Waals surface area contributed by atoms with E-state index in [0.717, 1.165) is 25.3 Å². The van der Waals surface area contributed by atoms with Crippen LogP contribution in [0.15, 0.2) is 4.99 Å². The minimum Gasteiger partial charge on any atom is -0.279 e. The quantitative estimate of drug-likeness (QED) is 0.634. The van der Waals surface area contributed by atoms with E-state index in [2.05, 4.69) is 34.4 Å². The first kappa shape index (κ1) is 11.8. The predicted octanol–water partition coefficient (Wildman–Crippen LogP) is 0.333. The minimum atomic E-state index is 0.389. The lowest BCUT2D eigenvalue weighted by molar-refractivity contribution is 0.0635. The third-order valence-corrected chi connectivity index (χ3v) is 2.68. The molecule has 1 fully saturated rings. The van der Waals surface area contributed by atoms with Gasteiger partial charge in [0.1, 0.15) is 5.84 Å². The molecular weight excluding hydrogens is 198 g/mol. The second-order valence-corrected chi connectivity index (χ2v) is 3.98. The summed E-state index contributed by atoms with van der Waals surface area (Å²) in [6, 6.07) is 0. The van der Waals surface area contributed by atoms with Gasteiger partial charge in [-0.15, -0.1) is 11.8 Å². The molecule has 1 aliphatic heterocycles. The molecule has 0 spiro atoms. The van der Waals surface area contributed by atoms with Crippen molar-refractivity contribution in [3.05, 3.63) is 0 Å². The van der Waals surface area contributed by atoms with Gasteiger partial charge in [-0.1, -0.05) is 12.2 Å². The average Bonchev–Trinajstić information content (AvgIpc) is 2.18. The summed E-state index contributed by atoms with van der Waals surface area (Å²) >= 11 is 1.79. The lowest BCUT2D eigenvalue weighted by Crippen LogP contribution is -2.64. The first-order chi connectivity index (χ1) is 6.80. The van der Waals surface area contributed by atoms with Crippen LogP contribution >= 0.6 is 11.8 Å². The molecule has 1 saturated heterocycles. The molecule has 5 nitrogen and oxygen atoms in total. The zero-order valence-corrected chi connectivity index (χ0v) is 9.82. The molecule has 0 radical (unpaired) electrons. The van der Waals surface area contributed by atoms with Crippen LogP contribution in [0.2, 0.25) is 0 Å². The van der Waals surface area contributed by atoms with Gasteiger partial charge in [-0.05, 0) is 13.2 Å². The molecule has 1 rings (SSSR count). The van der Waals surface area contributed by atoms with E-state index in [0.29, 0.717) is 5.37 Å². The molecule has 3 N–H and O–H groups in total. The molecular formula is C8H19N5S. The van der Waals surface area contributed by atoms with Gasteiger partial charge in [0.05, 0.1) is 5.37 Å². The Morgan fingerprint density at radius 3 is 3.00 bits per heavy atom. The van der Waals surface area contributed by atoms with Crippen LogP contribution in [-0.4, -0.2) is 35.8 Å². The number of rotatable bonds is 4. The van der Waals surface area contributed by atoms with Crippen LogP contribution in [0.5, 0.6) is 0 Å². The summed E-state index contributed by atoms with van der Waals surface area (Å²) in [5, 5.41) is 2.18. The van der Waals surface area contributed by atoms with Gasteiger partial charge < -0.3 is 0 Å². The van der Waals surface area contributed by atoms with Gasteiger partial charge in [0.25, 0.3) is 0 Å². The van der Waals surface area contributed by atoms with E-state index in [1.807, 2.05) is 6.92 Å². The van der Waals surface area contributed by atoms with Crippen molar-refractivity contribution in [3.63, 3.8) is 0 Å². The second kappa shape index (κ2) is 6.23. The fourth-order valence-electron chi connectivity index (χ4n) is 1.24. The summed E-state index contributed by atoms with van der Waals surface area (Å²) in [6.45, 7) is 5.80. The van der Waals surface area contributed by atoms with E-state index in [-0.39, 0.29) is 0 Å². The first-order valence-corrected chi connectivity index (χ1v) is 6.21. The summed E-state index contributed by atoms with van der Waals surface area (Å²) in [5.74, 6) is 1.03. The molecule has 6 heteroatoms. The van der Waals surface area contributed by atoms with Gasteiger partial charge in [0, 0.05) is 19.5 Å². The van der Waals surface area contributed by atoms with Crippen molar-refractivity contribution >= 4 is 17.6 Å². The Hall–Kier alpha value is -0.300. The molecule has 82 valence electrons. The highest BCUT2D eigenvalue weighted by Gasteiger charge is 2.21. The van der Waals surface area contributed by atoms with Crippen LogP contribution in [0.1, 0.15) is 20.3 Å². The van der Waals surface area contributed by atoms with Crippen molar-refractivity contribution in [2.45, 2.75) is 25.6 Å². The van der Waals surface area contributed by atoms with Gasteiger partial charge in [-0.2, -0.15) is 0 Å². The molecule has 0 aromatic carbocycles. The van der Waals surface area contributed by atoms with E-state index in [1.165, 1.54) is 0 Å². The Bertz CT molecular complexity index is 196. The van der Waals surface area contributed by atoms with Crippen molar-refractivity contribution < 1.29 is 0 Å². The van der Waals surface area contributed by atoms with E-state index in [4.69, 9.17) is 0 Å². The molecule has 1 aliphatic rings. The second-order valence-electron chi connectivity index (χ2n) is 2.94. The van der Waals surface area contributed by atoms with E-state index >= 15 is 0 Å². The van der Waals surface area contributed by atoms with Crippen LogP contribution in [0, 0.1) is 0 Å². The Labute approximate surface area is 89.6 Å². The van der Waals surface area contributed by atoms with Crippen molar-refractivity contribution in [3.8, 4) is 0 Å². The highest BCUT2D eigenvalue weighted by molar-refractivity contribution is 7.99. The Morgan fingerprint density at radius 1 is 1.64 bits per heavy atom. The third kappa shape index (κ3) is 3.45. The topological polar surface area (TPSA) is 51.7 Å². The smallest absolute Gasteiger partial charge is 0.115 e. The molecule has 0 saturated carbocycles. The fourth-order valence-corrected chi connectivity index (χ4v) is 1.78. The number of nitrogens with one attached hydrogen (secondary N) is 3.